The van der Waals surface area contributed by atoms with Crippen LogP contribution in [0, 0.1) is 11.8 Å². The molecule has 2 aromatic rings. The van der Waals surface area contributed by atoms with E-state index in [1.54, 1.807) is 14.2 Å². The number of halogens is 3. The van der Waals surface area contributed by atoms with Crippen molar-refractivity contribution in [2.24, 2.45) is 11.8 Å². The summed E-state index contributed by atoms with van der Waals surface area (Å²) in [6, 6.07) is 17.1. The highest BCUT2D eigenvalue weighted by Crippen LogP contribution is 2.47. The van der Waals surface area contributed by atoms with Gasteiger partial charge >= 0.3 is 12.3 Å². The van der Waals surface area contributed by atoms with Gasteiger partial charge in [0.25, 0.3) is 0 Å². The first-order valence-electron chi connectivity index (χ1n) is 21.0. The highest BCUT2D eigenvalue weighted by molar-refractivity contribution is 5.68. The molecule has 2 aliphatic carbocycles. The highest BCUT2D eigenvalue weighted by Gasteiger charge is 2.49. The van der Waals surface area contributed by atoms with E-state index in [9.17, 15) is 18.0 Å². The van der Waals surface area contributed by atoms with E-state index in [4.69, 9.17) is 19.0 Å². The summed E-state index contributed by atoms with van der Waals surface area (Å²) in [4.78, 5) is 28.5. The Bertz CT molecular complexity index is 1530. The summed E-state index contributed by atoms with van der Waals surface area (Å²) in [5.41, 5.74) is 3.15. The minimum Gasteiger partial charge on any atom is -0.497 e. The molecule has 0 aromatic heterocycles. The van der Waals surface area contributed by atoms with Gasteiger partial charge < -0.3 is 24.4 Å². The summed E-state index contributed by atoms with van der Waals surface area (Å²) in [6.07, 6.45) is 6.71. The fourth-order valence-corrected chi connectivity index (χ4v) is 8.34. The smallest absolute Gasteiger partial charge is 0.446 e. The molecule has 0 bridgehead atoms. The molecule has 2 saturated carbocycles. The summed E-state index contributed by atoms with van der Waals surface area (Å²) in [7, 11) is 3.48. The third kappa shape index (κ3) is 15.7. The summed E-state index contributed by atoms with van der Waals surface area (Å²) in [5.74, 6) is 3.37. The van der Waals surface area contributed by atoms with Crippen LogP contribution in [0.3, 0.4) is 0 Å². The first kappa shape index (κ1) is 49.0. The molecule has 0 radical (unpaired) electrons. The lowest BCUT2D eigenvalue weighted by molar-refractivity contribution is -0.156. The Hall–Kier alpha value is -3.35. The Morgan fingerprint density at radius 3 is 1.59 bits per heavy atom. The van der Waals surface area contributed by atoms with Crippen molar-refractivity contribution in [3.05, 3.63) is 59.7 Å². The number of nitrogens with one attached hydrogen (secondary N) is 1. The van der Waals surface area contributed by atoms with Gasteiger partial charge in [-0.3, -0.25) is 14.6 Å². The molecule has 12 heteroatoms. The van der Waals surface area contributed by atoms with Gasteiger partial charge in [-0.15, -0.1) is 0 Å². The van der Waals surface area contributed by atoms with Gasteiger partial charge in [-0.2, -0.15) is 13.2 Å². The normalized spacial score (nSPS) is 19.2. The van der Waals surface area contributed by atoms with E-state index >= 15 is 0 Å². The average Bonchev–Trinajstić information content (AvgIpc) is 4.14. The number of carbonyl (C=O) groups excluding carboxylic acids is 2. The van der Waals surface area contributed by atoms with Gasteiger partial charge in [-0.05, 0) is 178 Å². The number of rotatable bonds is 14. The Kier molecular flexibility index (Phi) is 18.9. The number of hydrogen-bond acceptors (Lipinski definition) is 8. The van der Waals surface area contributed by atoms with Crippen LogP contribution in [0.25, 0.3) is 0 Å². The van der Waals surface area contributed by atoms with E-state index in [1.165, 1.54) is 75.7 Å². The molecule has 2 aliphatic heterocycles. The molecule has 1 N–H and O–H groups in total. The maximum atomic E-state index is 12.4. The fourth-order valence-electron chi connectivity index (χ4n) is 8.34. The van der Waals surface area contributed by atoms with Crippen molar-refractivity contribution in [1.29, 1.82) is 0 Å². The van der Waals surface area contributed by atoms with Gasteiger partial charge in [-0.1, -0.05) is 38.6 Å². The number of piperidine rings is 2. The van der Waals surface area contributed by atoms with E-state index < -0.39 is 18.1 Å². The van der Waals surface area contributed by atoms with E-state index in [1.807, 2.05) is 44.7 Å². The molecule has 0 spiro atoms. The highest BCUT2D eigenvalue weighted by atomic mass is 19.4. The molecular formula is C46H73F3N4O5. The maximum absolute atomic E-state index is 12.4. The van der Waals surface area contributed by atoms with Crippen LogP contribution in [-0.4, -0.2) is 117 Å². The molecule has 4 fully saturated rings. The fraction of sp³-hybridized carbons (Fsp3) is 0.696. The Morgan fingerprint density at radius 2 is 1.24 bits per heavy atom. The predicted octanol–water partition coefficient (Wildman–Crippen LogP) is 9.21. The molecule has 0 unspecified atom stereocenters. The number of methoxy groups -OCH3 is 2. The maximum Gasteiger partial charge on any atom is 0.446 e. The van der Waals surface area contributed by atoms with Crippen LogP contribution in [0.1, 0.15) is 105 Å². The van der Waals surface area contributed by atoms with Crippen LogP contribution in [-0.2, 0) is 22.4 Å². The topological polar surface area (TPSA) is 83.6 Å². The number of benzene rings is 2. The van der Waals surface area contributed by atoms with Crippen LogP contribution in [0.2, 0.25) is 0 Å². The van der Waals surface area contributed by atoms with Gasteiger partial charge in [0.15, 0.2) is 0 Å². The molecule has 58 heavy (non-hydrogen) atoms. The van der Waals surface area contributed by atoms with Crippen molar-refractivity contribution < 1.29 is 37.0 Å². The molecule has 9 nitrogen and oxygen atoms in total. The minimum absolute atomic E-state index is 0. The van der Waals surface area contributed by atoms with Crippen LogP contribution in [0.15, 0.2) is 48.5 Å². The van der Waals surface area contributed by atoms with E-state index in [0.717, 1.165) is 62.9 Å². The second-order valence-electron chi connectivity index (χ2n) is 17.4. The molecule has 6 rings (SSSR count). The van der Waals surface area contributed by atoms with Crippen molar-refractivity contribution in [3.63, 3.8) is 0 Å². The molecule has 2 aromatic carbocycles. The van der Waals surface area contributed by atoms with Crippen molar-refractivity contribution in [1.82, 2.24) is 20.0 Å². The largest absolute Gasteiger partial charge is 0.497 e. The number of likely N-dealkylation sites (tertiary alicyclic amines) is 2. The first-order valence-corrected chi connectivity index (χ1v) is 21.0. The Morgan fingerprint density at radius 1 is 0.810 bits per heavy atom. The molecule has 0 atom stereocenters. The van der Waals surface area contributed by atoms with Crippen molar-refractivity contribution in [2.45, 2.75) is 129 Å². The first-order chi connectivity index (χ1) is 27.1. The number of hydrogen-bond donors (Lipinski definition) is 1. The van der Waals surface area contributed by atoms with Crippen molar-refractivity contribution in [3.8, 4) is 11.5 Å². The molecule has 2 heterocycles. The number of amides is 1. The van der Waals surface area contributed by atoms with Crippen molar-refractivity contribution >= 4 is 12.4 Å². The van der Waals surface area contributed by atoms with Crippen LogP contribution >= 0.6 is 0 Å². The molecule has 1 amide bonds. The zero-order chi connectivity index (χ0) is 41.7. The summed E-state index contributed by atoms with van der Waals surface area (Å²) in [6.45, 7) is 18.6. The third-order valence-electron chi connectivity index (χ3n) is 11.9. The second kappa shape index (κ2) is 22.3. The summed E-state index contributed by atoms with van der Waals surface area (Å²) >= 11 is 0. The molecular weight excluding hydrogens is 746 g/mol. The van der Waals surface area contributed by atoms with E-state index in [-0.39, 0.29) is 13.5 Å². The summed E-state index contributed by atoms with van der Waals surface area (Å²) < 4.78 is 47.6. The lowest BCUT2D eigenvalue weighted by Gasteiger charge is -2.39. The standard InChI is InChI=1S/C24H38N2O3.C19H30N2O.C2HF3O.CH4/c1-6-25(22(27)29-23(2,3)4)18-19-10-14-26(15-11-19)24(12-13-24)17-20-8-7-9-21(16-20)28-5;1-3-20-15-16-7-11-21(12-8-16)19(9-10-19)14-17-5-4-6-18(13-17)22-2;3-2(4,5)1-6;/h7-9,16,19H,6,10-15,17-18H2,1-5H3;4-6,13,16,20H,3,7-12,14-15H2,1-2H3;1H;1H4. The quantitative estimate of drug-likeness (QED) is 0.189. The number of ether oxygens (including phenoxy) is 3. The van der Waals surface area contributed by atoms with Gasteiger partial charge in [0.2, 0.25) is 6.29 Å². The van der Waals surface area contributed by atoms with Crippen LogP contribution < -0.4 is 14.8 Å². The van der Waals surface area contributed by atoms with Gasteiger partial charge in [0.1, 0.15) is 17.1 Å². The molecule has 328 valence electrons. The Labute approximate surface area is 347 Å². The number of nitrogens with zero attached hydrogens (tertiary/aromatic N) is 3. The number of alkyl halides is 3. The zero-order valence-corrected chi connectivity index (χ0v) is 35.6. The van der Waals surface area contributed by atoms with Crippen molar-refractivity contribution in [2.75, 3.05) is 66.6 Å². The van der Waals surface area contributed by atoms with Crippen LogP contribution in [0.5, 0.6) is 11.5 Å². The third-order valence-corrected chi connectivity index (χ3v) is 11.9. The molecule has 2 saturated heterocycles. The van der Waals surface area contributed by atoms with Gasteiger partial charge in [0, 0.05) is 24.2 Å². The van der Waals surface area contributed by atoms with Gasteiger partial charge in [-0.25, -0.2) is 4.79 Å². The van der Waals surface area contributed by atoms with E-state index in [0.29, 0.717) is 23.5 Å². The monoisotopic (exact) mass is 819 g/mol. The summed E-state index contributed by atoms with van der Waals surface area (Å²) in [5, 5.41) is 3.51. The Balaban J connectivity index is 0.000000275. The molecule has 4 aliphatic rings. The second-order valence-corrected chi connectivity index (χ2v) is 17.4. The SMILES string of the molecule is C.CCN(CC1CCN(C2(Cc3cccc(OC)c3)CC2)CC1)C(=O)OC(C)(C)C.CCNCC1CCN(C2(Cc3cccc(OC)c3)CC2)CC1.O=CC(F)(F)F. The predicted molar refractivity (Wildman–Crippen MR) is 227 cm³/mol. The van der Waals surface area contributed by atoms with E-state index in [2.05, 4.69) is 58.4 Å². The zero-order valence-electron chi connectivity index (χ0n) is 35.6. The van der Waals surface area contributed by atoms with Gasteiger partial charge in [0.05, 0.1) is 14.2 Å². The van der Waals surface area contributed by atoms with Crippen LogP contribution in [0.4, 0.5) is 18.0 Å². The number of carbonyl (C=O) groups is 2. The lowest BCUT2D eigenvalue weighted by atomic mass is 9.93. The number of aldehydes is 1. The minimum atomic E-state index is -4.64. The average molecular weight is 819 g/mol. The lowest BCUT2D eigenvalue weighted by Crippen LogP contribution is -2.47.